The van der Waals surface area contributed by atoms with E-state index in [4.69, 9.17) is 11.6 Å². The van der Waals surface area contributed by atoms with E-state index in [0.717, 1.165) is 42.4 Å². The van der Waals surface area contributed by atoms with Gasteiger partial charge in [0, 0.05) is 30.9 Å². The van der Waals surface area contributed by atoms with Gasteiger partial charge >= 0.3 is 0 Å². The van der Waals surface area contributed by atoms with Crippen molar-refractivity contribution >= 4 is 28.7 Å². The SMILES string of the molecule is Cn1cnc2cc(C(=O)N(Cc3ccccc3Cl)C3CCCC3)cnc21. The normalized spacial score (nSPS) is 14.8. The van der Waals surface area contributed by atoms with Crippen molar-refractivity contribution in [3.8, 4) is 0 Å². The van der Waals surface area contributed by atoms with Gasteiger partial charge in [-0.1, -0.05) is 42.6 Å². The maximum absolute atomic E-state index is 13.3. The fourth-order valence-corrected chi connectivity index (χ4v) is 3.89. The van der Waals surface area contributed by atoms with E-state index in [1.54, 1.807) is 12.5 Å². The summed E-state index contributed by atoms with van der Waals surface area (Å²) in [6.07, 6.45) is 7.76. The minimum atomic E-state index is -0.00290. The molecule has 0 spiro atoms. The minimum Gasteiger partial charge on any atom is -0.331 e. The number of amides is 1. The molecule has 1 aromatic carbocycles. The van der Waals surface area contributed by atoms with Crippen molar-refractivity contribution < 1.29 is 4.79 Å². The Hall–Kier alpha value is -2.40. The molecule has 3 aromatic rings. The Bertz CT molecular complexity index is 946. The van der Waals surface area contributed by atoms with Crippen LogP contribution in [0.1, 0.15) is 41.6 Å². The molecule has 5 nitrogen and oxygen atoms in total. The van der Waals surface area contributed by atoms with Gasteiger partial charge in [0.2, 0.25) is 0 Å². The van der Waals surface area contributed by atoms with Crippen LogP contribution in [0, 0.1) is 0 Å². The Morgan fingerprint density at radius 1 is 1.27 bits per heavy atom. The molecule has 0 saturated heterocycles. The van der Waals surface area contributed by atoms with Gasteiger partial charge in [-0.2, -0.15) is 0 Å². The van der Waals surface area contributed by atoms with Crippen molar-refractivity contribution in [1.82, 2.24) is 19.4 Å². The average Bonchev–Trinajstić information content (AvgIpc) is 3.31. The number of halogens is 1. The van der Waals surface area contributed by atoms with Crippen LogP contribution in [0.25, 0.3) is 11.2 Å². The Morgan fingerprint density at radius 3 is 2.81 bits per heavy atom. The molecule has 0 unspecified atom stereocenters. The third kappa shape index (κ3) is 3.19. The highest BCUT2D eigenvalue weighted by Crippen LogP contribution is 2.28. The number of carbonyl (C=O) groups is 1. The van der Waals surface area contributed by atoms with E-state index < -0.39 is 0 Å². The lowest BCUT2D eigenvalue weighted by Gasteiger charge is -2.29. The van der Waals surface area contributed by atoms with Crippen molar-refractivity contribution in [2.24, 2.45) is 7.05 Å². The monoisotopic (exact) mass is 368 g/mol. The van der Waals surface area contributed by atoms with Crippen LogP contribution in [0.2, 0.25) is 5.02 Å². The number of nitrogens with zero attached hydrogens (tertiary/aromatic N) is 4. The van der Waals surface area contributed by atoms with E-state index in [1.165, 1.54) is 0 Å². The van der Waals surface area contributed by atoms with Crippen LogP contribution >= 0.6 is 11.6 Å². The number of imidazole rings is 1. The lowest BCUT2D eigenvalue weighted by atomic mass is 10.1. The second kappa shape index (κ2) is 7.08. The highest BCUT2D eigenvalue weighted by Gasteiger charge is 2.28. The summed E-state index contributed by atoms with van der Waals surface area (Å²) >= 11 is 6.34. The summed E-state index contributed by atoms with van der Waals surface area (Å²) in [5.74, 6) is -0.00290. The number of carbonyl (C=O) groups excluding carboxylic acids is 1. The number of pyridine rings is 1. The first-order chi connectivity index (χ1) is 12.6. The molecule has 0 bridgehead atoms. The van der Waals surface area contributed by atoms with E-state index in [9.17, 15) is 4.79 Å². The molecule has 1 saturated carbocycles. The van der Waals surface area contributed by atoms with Crippen LogP contribution in [0.4, 0.5) is 0 Å². The summed E-state index contributed by atoms with van der Waals surface area (Å²) in [5, 5.41) is 0.696. The lowest BCUT2D eigenvalue weighted by Crippen LogP contribution is -2.38. The molecule has 0 radical (unpaired) electrons. The molecular formula is C20H21ClN4O. The molecule has 1 aliphatic rings. The van der Waals surface area contributed by atoms with Crippen molar-refractivity contribution in [3.63, 3.8) is 0 Å². The quantitative estimate of drug-likeness (QED) is 0.693. The van der Waals surface area contributed by atoms with Gasteiger partial charge in [-0.3, -0.25) is 4.79 Å². The van der Waals surface area contributed by atoms with Crippen molar-refractivity contribution in [2.45, 2.75) is 38.3 Å². The third-order valence-corrected chi connectivity index (χ3v) is 5.49. The predicted molar refractivity (Wildman–Crippen MR) is 102 cm³/mol. The molecule has 2 heterocycles. The largest absolute Gasteiger partial charge is 0.331 e. The Morgan fingerprint density at radius 2 is 2.04 bits per heavy atom. The minimum absolute atomic E-state index is 0.00290. The molecule has 0 N–H and O–H groups in total. The van der Waals surface area contributed by atoms with E-state index >= 15 is 0 Å². The standard InChI is InChI=1S/C20H21ClN4O/c1-24-13-23-18-10-15(11-22-19(18)24)20(26)25(16-7-3-4-8-16)12-14-6-2-5-9-17(14)21/h2,5-6,9-11,13,16H,3-4,7-8,12H2,1H3. The third-order valence-electron chi connectivity index (χ3n) is 5.12. The van der Waals surface area contributed by atoms with Crippen molar-refractivity contribution in [2.75, 3.05) is 0 Å². The number of aryl methyl sites for hydroxylation is 1. The number of hydrogen-bond donors (Lipinski definition) is 0. The highest BCUT2D eigenvalue weighted by atomic mass is 35.5. The number of aromatic nitrogens is 3. The van der Waals surface area contributed by atoms with Gasteiger partial charge in [0.25, 0.3) is 5.91 Å². The summed E-state index contributed by atoms with van der Waals surface area (Å²) < 4.78 is 1.85. The second-order valence-electron chi connectivity index (χ2n) is 6.88. The number of rotatable bonds is 4. The van der Waals surface area contributed by atoms with Gasteiger partial charge in [-0.25, -0.2) is 9.97 Å². The van der Waals surface area contributed by atoms with Gasteiger partial charge in [-0.15, -0.1) is 0 Å². The van der Waals surface area contributed by atoms with E-state index in [1.807, 2.05) is 46.8 Å². The van der Waals surface area contributed by atoms with Crippen LogP contribution in [0.15, 0.2) is 42.9 Å². The number of fused-ring (bicyclic) bond motifs is 1. The summed E-state index contributed by atoms with van der Waals surface area (Å²) in [6.45, 7) is 0.517. The zero-order valence-electron chi connectivity index (χ0n) is 14.7. The first-order valence-corrected chi connectivity index (χ1v) is 9.33. The summed E-state index contributed by atoms with van der Waals surface area (Å²) in [6, 6.07) is 9.80. The molecule has 134 valence electrons. The molecule has 0 atom stereocenters. The van der Waals surface area contributed by atoms with Gasteiger partial charge in [0.05, 0.1) is 11.9 Å². The Labute approximate surface area is 157 Å². The van der Waals surface area contributed by atoms with Gasteiger partial charge < -0.3 is 9.47 Å². The highest BCUT2D eigenvalue weighted by molar-refractivity contribution is 6.31. The summed E-state index contributed by atoms with van der Waals surface area (Å²) in [7, 11) is 1.89. The molecule has 6 heteroatoms. The van der Waals surface area contributed by atoms with E-state index in [-0.39, 0.29) is 11.9 Å². The first kappa shape index (κ1) is 17.0. The molecule has 1 aliphatic carbocycles. The summed E-state index contributed by atoms with van der Waals surface area (Å²) in [4.78, 5) is 24.0. The average molecular weight is 369 g/mol. The van der Waals surface area contributed by atoms with Crippen molar-refractivity contribution in [3.05, 3.63) is 59.0 Å². The smallest absolute Gasteiger partial charge is 0.256 e. The lowest BCUT2D eigenvalue weighted by molar-refractivity contribution is 0.0664. The Balaban J connectivity index is 1.67. The van der Waals surface area contributed by atoms with E-state index in [0.29, 0.717) is 17.1 Å². The molecule has 4 rings (SSSR count). The van der Waals surface area contributed by atoms with Crippen LogP contribution in [-0.2, 0) is 13.6 Å². The fraction of sp³-hybridized carbons (Fsp3) is 0.350. The van der Waals surface area contributed by atoms with Gasteiger partial charge in [-0.05, 0) is 30.5 Å². The van der Waals surface area contributed by atoms with Crippen LogP contribution in [0.5, 0.6) is 0 Å². The van der Waals surface area contributed by atoms with Gasteiger partial charge in [0.15, 0.2) is 5.65 Å². The molecular weight excluding hydrogens is 348 g/mol. The van der Waals surface area contributed by atoms with Crippen LogP contribution < -0.4 is 0 Å². The molecule has 1 amide bonds. The predicted octanol–water partition coefficient (Wildman–Crippen LogP) is 4.21. The topological polar surface area (TPSA) is 51.0 Å². The molecule has 2 aromatic heterocycles. The molecule has 0 aliphatic heterocycles. The fourth-order valence-electron chi connectivity index (χ4n) is 3.69. The Kier molecular flexibility index (Phi) is 4.64. The zero-order chi connectivity index (χ0) is 18.1. The maximum Gasteiger partial charge on any atom is 0.256 e. The number of benzene rings is 1. The van der Waals surface area contributed by atoms with Crippen LogP contribution in [-0.4, -0.2) is 31.4 Å². The van der Waals surface area contributed by atoms with E-state index in [2.05, 4.69) is 9.97 Å². The zero-order valence-corrected chi connectivity index (χ0v) is 15.5. The molecule has 1 fully saturated rings. The van der Waals surface area contributed by atoms with Crippen LogP contribution in [0.3, 0.4) is 0 Å². The van der Waals surface area contributed by atoms with Crippen molar-refractivity contribution in [1.29, 1.82) is 0 Å². The maximum atomic E-state index is 13.3. The summed E-state index contributed by atoms with van der Waals surface area (Å²) in [5.41, 5.74) is 3.07. The second-order valence-corrected chi connectivity index (χ2v) is 7.29. The molecule has 26 heavy (non-hydrogen) atoms. The van der Waals surface area contributed by atoms with Gasteiger partial charge in [0.1, 0.15) is 5.52 Å². The number of hydrogen-bond acceptors (Lipinski definition) is 3. The first-order valence-electron chi connectivity index (χ1n) is 8.95.